The smallest absolute Gasteiger partial charge is 0.311 e. The van der Waals surface area contributed by atoms with Crippen LogP contribution in [0.2, 0.25) is 0 Å². The molecule has 6 heteroatoms. The number of hydrogen-bond acceptors (Lipinski definition) is 5. The topological polar surface area (TPSA) is 78.7 Å². The van der Waals surface area contributed by atoms with E-state index in [1.54, 1.807) is 6.92 Å². The standard InChI is InChI=1S/C11H13NO5/c1-8(7-16-2)17-11-4-3-9(6-13)5-10(11)12(14)15/h3-6,8H,7H2,1-2H3. The number of methoxy groups -OCH3 is 1. The molecule has 1 aromatic carbocycles. The maximum atomic E-state index is 10.8. The van der Waals surface area contributed by atoms with Crippen molar-refractivity contribution in [1.29, 1.82) is 0 Å². The van der Waals surface area contributed by atoms with Gasteiger partial charge >= 0.3 is 5.69 Å². The van der Waals surface area contributed by atoms with Gasteiger partial charge in [-0.2, -0.15) is 0 Å². The van der Waals surface area contributed by atoms with Crippen LogP contribution in [0.15, 0.2) is 18.2 Å². The number of ether oxygens (including phenoxy) is 2. The molecule has 17 heavy (non-hydrogen) atoms. The number of nitro groups is 1. The van der Waals surface area contributed by atoms with Gasteiger partial charge in [-0.15, -0.1) is 0 Å². The quantitative estimate of drug-likeness (QED) is 0.430. The van der Waals surface area contributed by atoms with E-state index in [1.165, 1.54) is 25.3 Å². The number of nitrogens with zero attached hydrogens (tertiary/aromatic N) is 1. The van der Waals surface area contributed by atoms with Gasteiger partial charge in [-0.3, -0.25) is 14.9 Å². The highest BCUT2D eigenvalue weighted by molar-refractivity contribution is 5.77. The molecule has 0 N–H and O–H groups in total. The van der Waals surface area contributed by atoms with Gasteiger partial charge in [0.2, 0.25) is 0 Å². The van der Waals surface area contributed by atoms with Gasteiger partial charge < -0.3 is 9.47 Å². The molecule has 1 unspecified atom stereocenters. The molecule has 0 aliphatic carbocycles. The van der Waals surface area contributed by atoms with Crippen molar-refractivity contribution in [2.45, 2.75) is 13.0 Å². The molecule has 0 fully saturated rings. The second-order valence-electron chi connectivity index (χ2n) is 3.49. The zero-order valence-corrected chi connectivity index (χ0v) is 9.58. The van der Waals surface area contributed by atoms with Crippen LogP contribution in [-0.4, -0.2) is 31.0 Å². The monoisotopic (exact) mass is 239 g/mol. The van der Waals surface area contributed by atoms with Gasteiger partial charge in [0.25, 0.3) is 0 Å². The van der Waals surface area contributed by atoms with Crippen molar-refractivity contribution in [3.8, 4) is 5.75 Å². The lowest BCUT2D eigenvalue weighted by atomic mass is 10.2. The minimum Gasteiger partial charge on any atom is -0.481 e. The first-order valence-electron chi connectivity index (χ1n) is 4.97. The Morgan fingerprint density at radius 3 is 2.76 bits per heavy atom. The largest absolute Gasteiger partial charge is 0.481 e. The van der Waals surface area contributed by atoms with Gasteiger partial charge in [0.05, 0.1) is 11.5 Å². The van der Waals surface area contributed by atoms with Crippen molar-refractivity contribution in [3.63, 3.8) is 0 Å². The number of nitro benzene ring substituents is 1. The SMILES string of the molecule is COCC(C)Oc1ccc(C=O)cc1[N+](=O)[O-]. The molecule has 0 radical (unpaired) electrons. The van der Waals surface area contributed by atoms with Crippen molar-refractivity contribution in [2.24, 2.45) is 0 Å². The summed E-state index contributed by atoms with van der Waals surface area (Å²) in [5.41, 5.74) is 0.0148. The average molecular weight is 239 g/mol. The first kappa shape index (κ1) is 13.1. The van der Waals surface area contributed by atoms with Crippen LogP contribution >= 0.6 is 0 Å². The molecule has 0 aliphatic heterocycles. The number of rotatable bonds is 6. The highest BCUT2D eigenvalue weighted by Gasteiger charge is 2.17. The van der Waals surface area contributed by atoms with Crippen LogP contribution in [0, 0.1) is 10.1 Å². The van der Waals surface area contributed by atoms with Crippen LogP contribution in [-0.2, 0) is 4.74 Å². The maximum Gasteiger partial charge on any atom is 0.311 e. The molecule has 0 saturated heterocycles. The molecule has 0 saturated carbocycles. The van der Waals surface area contributed by atoms with Crippen molar-refractivity contribution in [3.05, 3.63) is 33.9 Å². The second kappa shape index (κ2) is 5.95. The summed E-state index contributed by atoms with van der Waals surface area (Å²) < 4.78 is 10.2. The Morgan fingerprint density at radius 1 is 1.53 bits per heavy atom. The Balaban J connectivity index is 2.98. The summed E-state index contributed by atoms with van der Waals surface area (Å²) in [5.74, 6) is 0.130. The zero-order valence-electron chi connectivity index (χ0n) is 9.58. The molecule has 6 nitrogen and oxygen atoms in total. The minimum absolute atomic E-state index is 0.130. The Hall–Kier alpha value is -1.95. The Morgan fingerprint density at radius 2 is 2.24 bits per heavy atom. The molecule has 1 rings (SSSR count). The van der Waals surface area contributed by atoms with E-state index in [-0.39, 0.29) is 23.1 Å². The summed E-state index contributed by atoms with van der Waals surface area (Å²) in [6.45, 7) is 2.06. The third-order valence-electron chi connectivity index (χ3n) is 2.05. The summed E-state index contributed by atoms with van der Waals surface area (Å²) in [5, 5.41) is 10.8. The predicted molar refractivity (Wildman–Crippen MR) is 60.4 cm³/mol. The zero-order chi connectivity index (χ0) is 12.8. The summed E-state index contributed by atoms with van der Waals surface area (Å²) in [4.78, 5) is 20.8. The van der Waals surface area contributed by atoms with Crippen LogP contribution in [0.1, 0.15) is 17.3 Å². The summed E-state index contributed by atoms with van der Waals surface area (Å²) in [7, 11) is 1.52. The number of hydrogen-bond donors (Lipinski definition) is 0. The van der Waals surface area contributed by atoms with E-state index in [2.05, 4.69) is 0 Å². The van der Waals surface area contributed by atoms with Crippen molar-refractivity contribution in [1.82, 2.24) is 0 Å². The van der Waals surface area contributed by atoms with Gasteiger partial charge in [-0.1, -0.05) is 0 Å². The third kappa shape index (κ3) is 3.53. The molecule has 0 amide bonds. The van der Waals surface area contributed by atoms with Crippen LogP contribution < -0.4 is 4.74 Å². The molecular formula is C11H13NO5. The number of benzene rings is 1. The van der Waals surface area contributed by atoms with Crippen LogP contribution in [0.3, 0.4) is 0 Å². The Kier molecular flexibility index (Phi) is 4.59. The van der Waals surface area contributed by atoms with E-state index < -0.39 is 4.92 Å². The van der Waals surface area contributed by atoms with Gasteiger partial charge in [0.15, 0.2) is 5.75 Å². The molecule has 0 bridgehead atoms. The fourth-order valence-corrected chi connectivity index (χ4v) is 1.34. The summed E-state index contributed by atoms with van der Waals surface area (Å²) in [6.07, 6.45) is 0.246. The van der Waals surface area contributed by atoms with Crippen molar-refractivity contribution >= 4 is 12.0 Å². The van der Waals surface area contributed by atoms with E-state index in [0.29, 0.717) is 12.9 Å². The molecule has 0 spiro atoms. The van der Waals surface area contributed by atoms with Crippen LogP contribution in [0.25, 0.3) is 0 Å². The number of carbonyl (C=O) groups excluding carboxylic acids is 1. The van der Waals surface area contributed by atoms with Gasteiger partial charge in [0, 0.05) is 18.7 Å². The van der Waals surface area contributed by atoms with E-state index in [9.17, 15) is 14.9 Å². The summed E-state index contributed by atoms with van der Waals surface area (Å²) >= 11 is 0. The molecule has 0 aliphatic rings. The molecule has 0 heterocycles. The van der Waals surface area contributed by atoms with Gasteiger partial charge in [-0.05, 0) is 19.1 Å². The number of carbonyl (C=O) groups is 1. The Bertz CT molecular complexity index is 418. The highest BCUT2D eigenvalue weighted by Crippen LogP contribution is 2.28. The van der Waals surface area contributed by atoms with E-state index in [0.717, 1.165) is 0 Å². The molecule has 1 atom stereocenters. The highest BCUT2D eigenvalue weighted by atomic mass is 16.6. The van der Waals surface area contributed by atoms with Crippen molar-refractivity contribution < 1.29 is 19.2 Å². The normalized spacial score (nSPS) is 11.9. The third-order valence-corrected chi connectivity index (χ3v) is 2.05. The van der Waals surface area contributed by atoms with E-state index in [1.807, 2.05) is 0 Å². The molecule has 92 valence electrons. The average Bonchev–Trinajstić information content (AvgIpc) is 2.29. The summed E-state index contributed by atoms with van der Waals surface area (Å²) in [6, 6.07) is 4.06. The predicted octanol–water partition coefficient (Wildman–Crippen LogP) is 1.82. The van der Waals surface area contributed by atoms with Crippen LogP contribution in [0.5, 0.6) is 5.75 Å². The molecule has 1 aromatic rings. The lowest BCUT2D eigenvalue weighted by molar-refractivity contribution is -0.386. The fraction of sp³-hybridized carbons (Fsp3) is 0.364. The fourth-order valence-electron chi connectivity index (χ4n) is 1.34. The molecule has 0 aromatic heterocycles. The number of aldehydes is 1. The first-order chi connectivity index (χ1) is 8.08. The van der Waals surface area contributed by atoms with Gasteiger partial charge in [0.1, 0.15) is 12.4 Å². The van der Waals surface area contributed by atoms with E-state index in [4.69, 9.17) is 9.47 Å². The second-order valence-corrected chi connectivity index (χ2v) is 3.49. The first-order valence-corrected chi connectivity index (χ1v) is 4.97. The lowest BCUT2D eigenvalue weighted by Gasteiger charge is -2.13. The minimum atomic E-state index is -0.581. The lowest BCUT2D eigenvalue weighted by Crippen LogP contribution is -2.18. The van der Waals surface area contributed by atoms with E-state index >= 15 is 0 Å². The van der Waals surface area contributed by atoms with Gasteiger partial charge in [-0.25, -0.2) is 0 Å². The molecular weight excluding hydrogens is 226 g/mol. The Labute approximate surface area is 98.3 Å². The van der Waals surface area contributed by atoms with Crippen molar-refractivity contribution in [2.75, 3.05) is 13.7 Å². The maximum absolute atomic E-state index is 10.8. The van der Waals surface area contributed by atoms with Crippen LogP contribution in [0.4, 0.5) is 5.69 Å².